The smallest absolute Gasteiger partial charge is 0.230 e. The summed E-state index contributed by atoms with van der Waals surface area (Å²) in [5, 5.41) is 18.2. The van der Waals surface area contributed by atoms with E-state index in [1.807, 2.05) is 36.4 Å². The molecular formula is C24H24ClN7OS. The third kappa shape index (κ3) is 4.86. The van der Waals surface area contributed by atoms with Crippen molar-refractivity contribution in [3.63, 3.8) is 0 Å². The lowest BCUT2D eigenvalue weighted by molar-refractivity contribution is -0.115. The zero-order valence-electron chi connectivity index (χ0n) is 18.8. The number of aromatic nitrogens is 5. The summed E-state index contributed by atoms with van der Waals surface area (Å²) in [6.07, 6.45) is 0.273. The molecule has 1 atom stereocenters. The fraction of sp³-hybridized carbons (Fsp3) is 0.292. The van der Waals surface area contributed by atoms with Crippen molar-refractivity contribution in [2.45, 2.75) is 39.4 Å². The number of tetrazole rings is 1. The Kier molecular flexibility index (Phi) is 6.40. The molecule has 1 unspecified atom stereocenters. The molecule has 0 fully saturated rings. The molecule has 0 radical (unpaired) electrons. The molecule has 2 aromatic heterocycles. The molecule has 1 aliphatic rings. The first-order valence-electron chi connectivity index (χ1n) is 11.1. The Labute approximate surface area is 206 Å². The van der Waals surface area contributed by atoms with Crippen LogP contribution in [0.1, 0.15) is 41.6 Å². The number of aromatic amines is 1. The van der Waals surface area contributed by atoms with Gasteiger partial charge in [0.05, 0.1) is 18.2 Å². The Morgan fingerprint density at radius 3 is 2.59 bits per heavy atom. The number of anilines is 1. The lowest BCUT2D eigenvalue weighted by atomic mass is 10.0. The van der Waals surface area contributed by atoms with Gasteiger partial charge in [0.15, 0.2) is 11.0 Å². The van der Waals surface area contributed by atoms with E-state index in [4.69, 9.17) is 16.6 Å². The van der Waals surface area contributed by atoms with E-state index in [1.165, 1.54) is 10.4 Å². The summed E-state index contributed by atoms with van der Waals surface area (Å²) in [4.78, 5) is 21.2. The molecule has 4 aromatic rings. The number of halogens is 1. The predicted octanol–water partition coefficient (Wildman–Crippen LogP) is 4.87. The molecule has 0 saturated heterocycles. The molecular weight excluding hydrogens is 470 g/mol. The molecule has 0 aliphatic carbocycles. The van der Waals surface area contributed by atoms with Crippen molar-refractivity contribution in [3.8, 4) is 11.4 Å². The Hall–Kier alpha value is -3.14. The number of benzene rings is 2. The number of rotatable bonds is 7. The van der Waals surface area contributed by atoms with E-state index in [0.29, 0.717) is 16.9 Å². The van der Waals surface area contributed by atoms with Gasteiger partial charge in [0.2, 0.25) is 5.91 Å². The maximum atomic E-state index is 12.7. The molecule has 34 heavy (non-hydrogen) atoms. The van der Waals surface area contributed by atoms with Crippen molar-refractivity contribution >= 4 is 34.0 Å². The molecule has 10 heteroatoms. The second-order valence-electron chi connectivity index (χ2n) is 8.72. The van der Waals surface area contributed by atoms with Crippen molar-refractivity contribution in [1.29, 1.82) is 0 Å². The highest BCUT2D eigenvalue weighted by Gasteiger charge is 2.36. The van der Waals surface area contributed by atoms with Crippen LogP contribution in [-0.4, -0.2) is 36.4 Å². The minimum absolute atomic E-state index is 0.0828. The number of nitrogens with zero attached hydrogens (tertiary/aromatic N) is 5. The summed E-state index contributed by atoms with van der Waals surface area (Å²) in [5.74, 6) is 0.913. The third-order valence-corrected chi connectivity index (χ3v) is 7.09. The quantitative estimate of drug-likeness (QED) is 0.381. The van der Waals surface area contributed by atoms with Gasteiger partial charge in [0.25, 0.3) is 0 Å². The van der Waals surface area contributed by atoms with Crippen LogP contribution >= 0.6 is 22.9 Å². The number of fused-ring (bicyclic) bond motifs is 1. The maximum absolute atomic E-state index is 12.7. The molecule has 1 aliphatic heterocycles. The number of hydrogen-bond donors (Lipinski definition) is 2. The lowest BCUT2D eigenvalue weighted by Gasteiger charge is -2.27. The van der Waals surface area contributed by atoms with Gasteiger partial charge in [-0.15, -0.1) is 16.4 Å². The van der Waals surface area contributed by atoms with Crippen LogP contribution in [0.3, 0.4) is 0 Å². The number of amides is 1. The molecule has 0 saturated carbocycles. The predicted molar refractivity (Wildman–Crippen MR) is 132 cm³/mol. The van der Waals surface area contributed by atoms with Crippen LogP contribution < -0.4 is 5.32 Å². The number of carbonyl (C=O) groups is 1. The van der Waals surface area contributed by atoms with Crippen LogP contribution in [0.15, 0.2) is 48.5 Å². The molecule has 0 bridgehead atoms. The average Bonchev–Trinajstić information content (AvgIpc) is 3.52. The second-order valence-corrected chi connectivity index (χ2v) is 10.2. The van der Waals surface area contributed by atoms with Gasteiger partial charge in [0.1, 0.15) is 0 Å². The van der Waals surface area contributed by atoms with Gasteiger partial charge in [-0.3, -0.25) is 9.69 Å². The fourth-order valence-corrected chi connectivity index (χ4v) is 5.51. The fourth-order valence-electron chi connectivity index (χ4n) is 4.34. The number of hydrogen-bond acceptors (Lipinski definition) is 7. The molecule has 2 N–H and O–H groups in total. The highest BCUT2D eigenvalue weighted by atomic mass is 35.5. The molecule has 5 rings (SSSR count). The van der Waals surface area contributed by atoms with Crippen LogP contribution in [-0.2, 0) is 24.3 Å². The molecule has 2 aromatic carbocycles. The Morgan fingerprint density at radius 2 is 1.91 bits per heavy atom. The number of H-pyrrole nitrogens is 1. The van der Waals surface area contributed by atoms with Crippen LogP contribution in [0.4, 0.5) is 5.13 Å². The van der Waals surface area contributed by atoms with Gasteiger partial charge >= 0.3 is 0 Å². The van der Waals surface area contributed by atoms with Crippen LogP contribution in [0, 0.1) is 5.92 Å². The first-order valence-corrected chi connectivity index (χ1v) is 12.3. The third-order valence-electron chi connectivity index (χ3n) is 5.86. The largest absolute Gasteiger partial charge is 0.302 e. The van der Waals surface area contributed by atoms with E-state index in [-0.39, 0.29) is 18.4 Å². The zero-order chi connectivity index (χ0) is 23.7. The number of nitrogens with one attached hydrogen (secondary N) is 2. The van der Waals surface area contributed by atoms with E-state index in [9.17, 15) is 4.79 Å². The molecule has 174 valence electrons. The van der Waals surface area contributed by atoms with Crippen molar-refractivity contribution in [1.82, 2.24) is 30.5 Å². The summed E-state index contributed by atoms with van der Waals surface area (Å²) in [5.41, 5.74) is 4.08. The van der Waals surface area contributed by atoms with Crippen LogP contribution in [0.5, 0.6) is 0 Å². The van der Waals surface area contributed by atoms with E-state index in [1.54, 1.807) is 11.3 Å². The first-order chi connectivity index (χ1) is 16.5. The SMILES string of the molecule is CC(C)C1c2nc(NC(=O)Cc3ccc(-c4nnn[nH]4)cc3)sc2CN1Cc1ccc(Cl)cc1. The van der Waals surface area contributed by atoms with Crippen molar-refractivity contribution < 1.29 is 4.79 Å². The van der Waals surface area contributed by atoms with Gasteiger partial charge in [-0.1, -0.05) is 61.8 Å². The summed E-state index contributed by atoms with van der Waals surface area (Å²) in [6, 6.07) is 15.8. The summed E-state index contributed by atoms with van der Waals surface area (Å²) >= 11 is 7.60. The standard InChI is InChI=1S/C24H24ClN7OS/c1-14(2)22-21-19(13-32(22)12-16-5-9-18(25)10-6-16)34-24(27-21)26-20(33)11-15-3-7-17(8-4-15)23-28-30-31-29-23/h3-10,14,22H,11-13H2,1-2H3,(H,26,27,33)(H,28,29,30,31). The second kappa shape index (κ2) is 9.61. The normalized spacial score (nSPS) is 15.6. The molecule has 0 spiro atoms. The average molecular weight is 494 g/mol. The maximum Gasteiger partial charge on any atom is 0.230 e. The van der Waals surface area contributed by atoms with Crippen LogP contribution in [0.25, 0.3) is 11.4 Å². The Bertz CT molecular complexity index is 1270. The van der Waals surface area contributed by atoms with Gasteiger partial charge in [-0.2, -0.15) is 0 Å². The minimum atomic E-state index is -0.0828. The molecule has 1 amide bonds. The van der Waals surface area contributed by atoms with E-state index < -0.39 is 0 Å². The van der Waals surface area contributed by atoms with Crippen molar-refractivity contribution in [3.05, 3.63) is 75.3 Å². The van der Waals surface area contributed by atoms with Gasteiger partial charge in [0, 0.05) is 28.6 Å². The van der Waals surface area contributed by atoms with Crippen molar-refractivity contribution in [2.75, 3.05) is 5.32 Å². The van der Waals surface area contributed by atoms with E-state index in [2.05, 4.69) is 56.8 Å². The highest BCUT2D eigenvalue weighted by molar-refractivity contribution is 7.15. The lowest BCUT2D eigenvalue weighted by Crippen LogP contribution is -2.26. The monoisotopic (exact) mass is 493 g/mol. The number of carbonyl (C=O) groups excluding carboxylic acids is 1. The number of thiazole rings is 1. The summed E-state index contributed by atoms with van der Waals surface area (Å²) < 4.78 is 0. The van der Waals surface area contributed by atoms with E-state index in [0.717, 1.165) is 34.9 Å². The van der Waals surface area contributed by atoms with E-state index >= 15 is 0 Å². The topological polar surface area (TPSA) is 99.7 Å². The molecule has 3 heterocycles. The van der Waals surface area contributed by atoms with Crippen LogP contribution in [0.2, 0.25) is 5.02 Å². The minimum Gasteiger partial charge on any atom is -0.302 e. The summed E-state index contributed by atoms with van der Waals surface area (Å²) in [6.45, 7) is 6.09. The van der Waals surface area contributed by atoms with Gasteiger partial charge < -0.3 is 5.32 Å². The highest BCUT2D eigenvalue weighted by Crippen LogP contribution is 2.43. The Morgan fingerprint density at radius 1 is 1.18 bits per heavy atom. The Balaban J connectivity index is 1.23. The first kappa shape index (κ1) is 22.6. The van der Waals surface area contributed by atoms with Gasteiger partial charge in [-0.25, -0.2) is 10.1 Å². The molecule has 8 nitrogen and oxygen atoms in total. The van der Waals surface area contributed by atoms with Gasteiger partial charge in [-0.05, 0) is 39.6 Å². The summed E-state index contributed by atoms with van der Waals surface area (Å²) in [7, 11) is 0. The zero-order valence-corrected chi connectivity index (χ0v) is 20.4. The van der Waals surface area contributed by atoms with Crippen molar-refractivity contribution in [2.24, 2.45) is 5.92 Å².